The minimum atomic E-state index is -0.166. The Morgan fingerprint density at radius 3 is 2.92 bits per heavy atom. The average Bonchev–Trinajstić information content (AvgIpc) is 3.32. The van der Waals surface area contributed by atoms with E-state index in [-0.39, 0.29) is 12.0 Å². The predicted octanol–water partition coefficient (Wildman–Crippen LogP) is 3.29. The Morgan fingerprint density at radius 2 is 2.12 bits per heavy atom. The molecule has 24 heavy (non-hydrogen) atoms. The third kappa shape index (κ3) is 3.34. The van der Waals surface area contributed by atoms with Gasteiger partial charge in [0.1, 0.15) is 6.10 Å². The summed E-state index contributed by atoms with van der Waals surface area (Å²) in [7, 11) is 0. The molecule has 1 aromatic carbocycles. The number of benzene rings is 1. The largest absolute Gasteiger partial charge is 0.368 e. The summed E-state index contributed by atoms with van der Waals surface area (Å²) in [6.45, 7) is 1.48. The molecule has 4 rings (SSSR count). The molecule has 2 aromatic heterocycles. The van der Waals surface area contributed by atoms with Gasteiger partial charge in [-0.2, -0.15) is 10.1 Å². The predicted molar refractivity (Wildman–Crippen MR) is 87.6 cm³/mol. The van der Waals surface area contributed by atoms with Crippen molar-refractivity contribution in [1.29, 1.82) is 0 Å². The molecular formula is C17H17ClN4O2. The van der Waals surface area contributed by atoms with E-state index in [1.54, 1.807) is 6.20 Å². The van der Waals surface area contributed by atoms with Crippen LogP contribution in [0.4, 0.5) is 0 Å². The lowest BCUT2D eigenvalue weighted by atomic mass is 10.0. The first-order chi connectivity index (χ1) is 11.8. The van der Waals surface area contributed by atoms with E-state index in [2.05, 4.69) is 15.2 Å². The molecule has 0 radical (unpaired) electrons. The molecular weight excluding hydrogens is 328 g/mol. The lowest BCUT2D eigenvalue weighted by molar-refractivity contribution is 0.0578. The monoisotopic (exact) mass is 344 g/mol. The topological polar surface area (TPSA) is 66.0 Å². The molecule has 0 saturated carbocycles. The van der Waals surface area contributed by atoms with E-state index in [9.17, 15) is 0 Å². The van der Waals surface area contributed by atoms with Crippen molar-refractivity contribution < 1.29 is 9.26 Å². The zero-order chi connectivity index (χ0) is 16.4. The fourth-order valence-corrected chi connectivity index (χ4v) is 3.11. The van der Waals surface area contributed by atoms with Gasteiger partial charge in [0.2, 0.25) is 0 Å². The van der Waals surface area contributed by atoms with Crippen LogP contribution >= 0.6 is 11.6 Å². The van der Waals surface area contributed by atoms with Crippen molar-refractivity contribution in [3.8, 4) is 0 Å². The molecule has 1 fully saturated rings. The van der Waals surface area contributed by atoms with Crippen molar-refractivity contribution >= 4 is 11.6 Å². The second-order valence-electron chi connectivity index (χ2n) is 5.92. The van der Waals surface area contributed by atoms with E-state index >= 15 is 0 Å². The van der Waals surface area contributed by atoms with Crippen LogP contribution in [-0.4, -0.2) is 26.5 Å². The van der Waals surface area contributed by atoms with E-state index in [4.69, 9.17) is 20.9 Å². The van der Waals surface area contributed by atoms with Crippen molar-refractivity contribution in [3.05, 3.63) is 65.0 Å². The van der Waals surface area contributed by atoms with Crippen molar-refractivity contribution in [3.63, 3.8) is 0 Å². The van der Waals surface area contributed by atoms with Gasteiger partial charge in [-0.3, -0.25) is 4.68 Å². The summed E-state index contributed by atoms with van der Waals surface area (Å²) in [4.78, 5) is 4.52. The minimum Gasteiger partial charge on any atom is -0.368 e. The van der Waals surface area contributed by atoms with Crippen LogP contribution in [0.15, 0.2) is 47.2 Å². The molecule has 1 aliphatic rings. The fraction of sp³-hybridized carbons (Fsp3) is 0.353. The van der Waals surface area contributed by atoms with Gasteiger partial charge in [-0.05, 0) is 30.2 Å². The van der Waals surface area contributed by atoms with Crippen molar-refractivity contribution in [2.24, 2.45) is 5.92 Å². The second kappa shape index (κ2) is 6.75. The number of nitrogens with zero attached hydrogens (tertiary/aromatic N) is 4. The summed E-state index contributed by atoms with van der Waals surface area (Å²) in [6.07, 6.45) is 5.13. The number of ether oxygens (including phenoxy) is 1. The smallest absolute Gasteiger partial charge is 0.256 e. The number of aromatic nitrogens is 4. The van der Waals surface area contributed by atoms with Gasteiger partial charge in [0, 0.05) is 42.9 Å². The summed E-state index contributed by atoms with van der Waals surface area (Å²) < 4.78 is 13.2. The minimum absolute atomic E-state index is 0.166. The summed E-state index contributed by atoms with van der Waals surface area (Å²) in [5.74, 6) is 1.49. The maximum absolute atomic E-state index is 5.91. The molecule has 0 aliphatic carbocycles. The van der Waals surface area contributed by atoms with Crippen molar-refractivity contribution in [1.82, 2.24) is 19.9 Å². The number of rotatable bonds is 5. The Kier molecular flexibility index (Phi) is 4.32. The molecule has 3 heterocycles. The Balaban J connectivity index is 1.46. The lowest BCUT2D eigenvalue weighted by Crippen LogP contribution is -2.15. The molecule has 0 N–H and O–H groups in total. The van der Waals surface area contributed by atoms with Crippen LogP contribution in [0.3, 0.4) is 0 Å². The third-order valence-corrected chi connectivity index (χ3v) is 4.45. The van der Waals surface area contributed by atoms with Crippen LogP contribution in [0.1, 0.15) is 29.8 Å². The molecule has 0 bridgehead atoms. The Morgan fingerprint density at radius 1 is 1.25 bits per heavy atom. The highest BCUT2D eigenvalue weighted by Gasteiger charge is 2.34. The average molecular weight is 345 g/mol. The standard InChI is InChI=1S/C17H17ClN4O2/c18-14-4-2-12(3-5-14)10-15-20-17(24-21-15)16-13(6-9-23-16)11-22-8-1-7-19-22/h1-5,7-8,13,16H,6,9-11H2/t13-,16-/m0/s1. The van der Waals surface area contributed by atoms with Crippen LogP contribution in [-0.2, 0) is 17.7 Å². The highest BCUT2D eigenvalue weighted by atomic mass is 35.5. The Bertz CT molecular complexity index is 785. The molecule has 3 aromatic rings. The Labute approximate surface area is 144 Å². The molecule has 1 saturated heterocycles. The number of hydrogen-bond acceptors (Lipinski definition) is 5. The van der Waals surface area contributed by atoms with Gasteiger partial charge in [-0.25, -0.2) is 0 Å². The van der Waals surface area contributed by atoms with E-state index in [1.165, 1.54) is 0 Å². The van der Waals surface area contributed by atoms with Gasteiger partial charge in [-0.15, -0.1) is 0 Å². The zero-order valence-corrected chi connectivity index (χ0v) is 13.8. The zero-order valence-electron chi connectivity index (χ0n) is 13.0. The maximum Gasteiger partial charge on any atom is 0.256 e. The van der Waals surface area contributed by atoms with Gasteiger partial charge in [0.15, 0.2) is 5.82 Å². The van der Waals surface area contributed by atoms with E-state index in [0.29, 0.717) is 29.8 Å². The first kappa shape index (κ1) is 15.4. The Hall–Kier alpha value is -2.18. The third-order valence-electron chi connectivity index (χ3n) is 4.20. The molecule has 2 atom stereocenters. The first-order valence-electron chi connectivity index (χ1n) is 7.94. The van der Waals surface area contributed by atoms with Gasteiger partial charge < -0.3 is 9.26 Å². The second-order valence-corrected chi connectivity index (χ2v) is 6.36. The van der Waals surface area contributed by atoms with Crippen LogP contribution in [0, 0.1) is 5.92 Å². The molecule has 1 aliphatic heterocycles. The van der Waals surface area contributed by atoms with E-state index in [1.807, 2.05) is 41.2 Å². The molecule has 124 valence electrons. The quantitative estimate of drug-likeness (QED) is 0.710. The molecule has 7 heteroatoms. The molecule has 0 spiro atoms. The summed E-state index contributed by atoms with van der Waals surface area (Å²) in [6, 6.07) is 9.56. The SMILES string of the molecule is Clc1ccc(Cc2noc([C@H]3OCC[C@H]3Cn3cccn3)n2)cc1. The fourth-order valence-electron chi connectivity index (χ4n) is 2.98. The van der Waals surface area contributed by atoms with E-state index in [0.717, 1.165) is 18.5 Å². The lowest BCUT2D eigenvalue weighted by Gasteiger charge is -2.14. The molecule has 6 nitrogen and oxygen atoms in total. The number of hydrogen-bond donors (Lipinski definition) is 0. The summed E-state index contributed by atoms with van der Waals surface area (Å²) in [5, 5.41) is 9.06. The summed E-state index contributed by atoms with van der Waals surface area (Å²) in [5.41, 5.74) is 1.09. The van der Waals surface area contributed by atoms with Gasteiger partial charge in [0.25, 0.3) is 5.89 Å². The maximum atomic E-state index is 5.91. The van der Waals surface area contributed by atoms with Crippen LogP contribution < -0.4 is 0 Å². The normalized spacial score (nSPS) is 20.5. The summed E-state index contributed by atoms with van der Waals surface area (Å²) >= 11 is 5.91. The van der Waals surface area contributed by atoms with Gasteiger partial charge in [-0.1, -0.05) is 28.9 Å². The van der Waals surface area contributed by atoms with E-state index < -0.39 is 0 Å². The highest BCUT2D eigenvalue weighted by Crippen LogP contribution is 2.34. The van der Waals surface area contributed by atoms with Crippen LogP contribution in [0.5, 0.6) is 0 Å². The van der Waals surface area contributed by atoms with Crippen molar-refractivity contribution in [2.45, 2.75) is 25.5 Å². The first-order valence-corrected chi connectivity index (χ1v) is 8.32. The highest BCUT2D eigenvalue weighted by molar-refractivity contribution is 6.30. The van der Waals surface area contributed by atoms with Crippen LogP contribution in [0.2, 0.25) is 5.02 Å². The number of halogens is 1. The van der Waals surface area contributed by atoms with Crippen molar-refractivity contribution in [2.75, 3.05) is 6.61 Å². The molecule has 0 unspecified atom stereocenters. The van der Waals surface area contributed by atoms with Gasteiger partial charge in [0.05, 0.1) is 0 Å². The van der Waals surface area contributed by atoms with Crippen LogP contribution in [0.25, 0.3) is 0 Å². The van der Waals surface area contributed by atoms with Gasteiger partial charge >= 0.3 is 0 Å². The molecule has 0 amide bonds.